The lowest BCUT2D eigenvalue weighted by atomic mass is 10.1. The molecule has 0 bridgehead atoms. The fraction of sp³-hybridized carbons (Fsp3) is 0.478. The van der Waals surface area contributed by atoms with E-state index in [2.05, 4.69) is 65.4 Å². The van der Waals surface area contributed by atoms with E-state index in [9.17, 15) is 0 Å². The number of unbranched alkanes of at least 4 members (excludes halogenated alkanes) is 1. The summed E-state index contributed by atoms with van der Waals surface area (Å²) in [5, 5.41) is 3.46. The van der Waals surface area contributed by atoms with Crippen LogP contribution in [0.5, 0.6) is 11.5 Å². The average molecular weight is 450 g/mol. The van der Waals surface area contributed by atoms with Crippen LogP contribution in [0.4, 0.5) is 0 Å². The molecule has 0 heterocycles. The molecule has 1 N–H and O–H groups in total. The molecule has 28 heavy (non-hydrogen) atoms. The second kappa shape index (κ2) is 12.8. The normalized spacial score (nSPS) is 10.9. The van der Waals surface area contributed by atoms with Gasteiger partial charge in [-0.15, -0.1) is 0 Å². The number of methoxy groups -OCH3 is 1. The van der Waals surface area contributed by atoms with Crippen LogP contribution in [0.1, 0.15) is 42.9 Å². The molecular formula is C23H32BrNO3. The molecule has 2 aromatic rings. The zero-order chi connectivity index (χ0) is 20.2. The first-order chi connectivity index (χ1) is 13.6. The number of rotatable bonds is 13. The van der Waals surface area contributed by atoms with E-state index in [0.29, 0.717) is 6.61 Å². The van der Waals surface area contributed by atoms with Gasteiger partial charge in [0.05, 0.1) is 11.6 Å². The lowest BCUT2D eigenvalue weighted by Gasteiger charge is -2.15. The van der Waals surface area contributed by atoms with E-state index in [0.717, 1.165) is 66.2 Å². The fourth-order valence-corrected chi connectivity index (χ4v) is 3.34. The van der Waals surface area contributed by atoms with E-state index in [4.69, 9.17) is 14.2 Å². The van der Waals surface area contributed by atoms with Gasteiger partial charge in [0.1, 0.15) is 6.61 Å². The van der Waals surface area contributed by atoms with Crippen molar-refractivity contribution in [3.05, 3.63) is 57.6 Å². The first-order valence-electron chi connectivity index (χ1n) is 9.97. The summed E-state index contributed by atoms with van der Waals surface area (Å²) in [4.78, 5) is 0. The molecular weight excluding hydrogens is 418 g/mol. The van der Waals surface area contributed by atoms with E-state index in [1.807, 2.05) is 6.07 Å². The molecule has 0 aliphatic heterocycles. The van der Waals surface area contributed by atoms with Crippen LogP contribution in [0.25, 0.3) is 0 Å². The maximum atomic E-state index is 6.02. The average Bonchev–Trinajstić information content (AvgIpc) is 2.70. The summed E-state index contributed by atoms with van der Waals surface area (Å²) in [6, 6.07) is 12.5. The minimum Gasteiger partial charge on any atom is -0.493 e. The highest BCUT2D eigenvalue weighted by Gasteiger charge is 2.12. The fourth-order valence-electron chi connectivity index (χ4n) is 2.74. The summed E-state index contributed by atoms with van der Waals surface area (Å²) in [7, 11) is 1.67. The van der Waals surface area contributed by atoms with E-state index in [-0.39, 0.29) is 0 Å². The van der Waals surface area contributed by atoms with Crippen molar-refractivity contribution in [1.82, 2.24) is 5.32 Å². The monoisotopic (exact) mass is 449 g/mol. The molecule has 0 aromatic heterocycles. The third-order valence-corrected chi connectivity index (χ3v) is 5.00. The van der Waals surface area contributed by atoms with Gasteiger partial charge in [0, 0.05) is 19.8 Å². The highest BCUT2D eigenvalue weighted by Crippen LogP contribution is 2.37. The van der Waals surface area contributed by atoms with E-state index in [1.165, 1.54) is 12.0 Å². The van der Waals surface area contributed by atoms with Crippen LogP contribution in [-0.4, -0.2) is 26.9 Å². The summed E-state index contributed by atoms with van der Waals surface area (Å²) in [6.45, 7) is 8.15. The van der Waals surface area contributed by atoms with Crippen molar-refractivity contribution in [3.8, 4) is 11.5 Å². The van der Waals surface area contributed by atoms with Gasteiger partial charge >= 0.3 is 0 Å². The van der Waals surface area contributed by atoms with Crippen molar-refractivity contribution in [2.75, 3.05) is 26.9 Å². The smallest absolute Gasteiger partial charge is 0.175 e. The van der Waals surface area contributed by atoms with Gasteiger partial charge in [0.15, 0.2) is 11.5 Å². The van der Waals surface area contributed by atoms with Gasteiger partial charge in [-0.3, -0.25) is 0 Å². The maximum absolute atomic E-state index is 6.02. The minimum absolute atomic E-state index is 0.505. The Morgan fingerprint density at radius 2 is 1.75 bits per heavy atom. The Kier molecular flexibility index (Phi) is 10.4. The van der Waals surface area contributed by atoms with Crippen LogP contribution >= 0.6 is 15.9 Å². The molecule has 0 fully saturated rings. The lowest BCUT2D eigenvalue weighted by Crippen LogP contribution is -2.16. The summed E-state index contributed by atoms with van der Waals surface area (Å²) in [5.41, 5.74) is 3.52. The number of benzene rings is 2. The zero-order valence-electron chi connectivity index (χ0n) is 17.2. The number of halogens is 1. The van der Waals surface area contributed by atoms with Gasteiger partial charge in [-0.2, -0.15) is 0 Å². The van der Waals surface area contributed by atoms with Crippen LogP contribution < -0.4 is 14.8 Å². The highest BCUT2D eigenvalue weighted by atomic mass is 79.9. The first kappa shape index (κ1) is 22.7. The molecule has 0 aliphatic rings. The topological polar surface area (TPSA) is 39.7 Å². The number of nitrogens with one attached hydrogen (secondary N) is 1. The highest BCUT2D eigenvalue weighted by molar-refractivity contribution is 9.10. The van der Waals surface area contributed by atoms with Gasteiger partial charge in [-0.05, 0) is 65.5 Å². The Morgan fingerprint density at radius 1 is 1.00 bits per heavy atom. The van der Waals surface area contributed by atoms with Crippen LogP contribution in [0, 0.1) is 6.92 Å². The maximum Gasteiger partial charge on any atom is 0.175 e. The Hall–Kier alpha value is -1.56. The van der Waals surface area contributed by atoms with Crippen molar-refractivity contribution in [3.63, 3.8) is 0 Å². The number of hydrogen-bond acceptors (Lipinski definition) is 4. The van der Waals surface area contributed by atoms with Crippen molar-refractivity contribution >= 4 is 15.9 Å². The Bertz CT molecular complexity index is 704. The van der Waals surface area contributed by atoms with E-state index < -0.39 is 0 Å². The standard InChI is InChI=1S/C23H32BrNO3/c1-4-5-12-27-13-6-11-25-16-20-14-21(24)23(22(15-20)26-3)28-17-19-9-7-18(2)8-10-19/h7-10,14-15,25H,4-6,11-13,16-17H2,1-3H3. The Morgan fingerprint density at radius 3 is 2.46 bits per heavy atom. The SMILES string of the molecule is CCCCOCCCNCc1cc(Br)c(OCc2ccc(C)cc2)c(OC)c1. The number of ether oxygens (including phenoxy) is 3. The second-order valence-electron chi connectivity index (χ2n) is 6.88. The van der Waals surface area contributed by atoms with Crippen LogP contribution in [-0.2, 0) is 17.9 Å². The third kappa shape index (κ3) is 7.82. The predicted octanol–water partition coefficient (Wildman–Crippen LogP) is 5.64. The van der Waals surface area contributed by atoms with Gasteiger partial charge in [0.25, 0.3) is 0 Å². The van der Waals surface area contributed by atoms with Crippen LogP contribution in [0.2, 0.25) is 0 Å². The molecule has 0 saturated carbocycles. The quantitative estimate of drug-likeness (QED) is 0.401. The largest absolute Gasteiger partial charge is 0.493 e. The summed E-state index contributed by atoms with van der Waals surface area (Å²) < 4.78 is 18.1. The molecule has 0 atom stereocenters. The van der Waals surface area contributed by atoms with Crippen molar-refractivity contribution < 1.29 is 14.2 Å². The summed E-state index contributed by atoms with van der Waals surface area (Å²) in [5.74, 6) is 1.47. The van der Waals surface area contributed by atoms with Gasteiger partial charge in [-0.1, -0.05) is 43.2 Å². The molecule has 154 valence electrons. The Labute approximate surface area is 177 Å². The molecule has 0 aliphatic carbocycles. The van der Waals surface area contributed by atoms with Crippen LogP contribution in [0.15, 0.2) is 40.9 Å². The molecule has 0 spiro atoms. The summed E-state index contributed by atoms with van der Waals surface area (Å²) in [6.07, 6.45) is 3.33. The van der Waals surface area contributed by atoms with Crippen LogP contribution in [0.3, 0.4) is 0 Å². The molecule has 0 amide bonds. The minimum atomic E-state index is 0.505. The van der Waals surface area contributed by atoms with E-state index in [1.54, 1.807) is 7.11 Å². The van der Waals surface area contributed by atoms with Gasteiger partial charge in [-0.25, -0.2) is 0 Å². The van der Waals surface area contributed by atoms with Gasteiger partial charge in [0.2, 0.25) is 0 Å². The van der Waals surface area contributed by atoms with E-state index >= 15 is 0 Å². The van der Waals surface area contributed by atoms with Gasteiger partial charge < -0.3 is 19.5 Å². The van der Waals surface area contributed by atoms with Crippen molar-refractivity contribution in [2.45, 2.75) is 46.3 Å². The predicted molar refractivity (Wildman–Crippen MR) is 118 cm³/mol. The molecule has 0 unspecified atom stereocenters. The Balaban J connectivity index is 1.83. The van der Waals surface area contributed by atoms with Crippen molar-refractivity contribution in [2.24, 2.45) is 0 Å². The zero-order valence-corrected chi connectivity index (χ0v) is 18.8. The molecule has 2 aromatic carbocycles. The molecule has 0 radical (unpaired) electrons. The molecule has 4 nitrogen and oxygen atoms in total. The second-order valence-corrected chi connectivity index (χ2v) is 7.73. The molecule has 2 rings (SSSR count). The first-order valence-corrected chi connectivity index (χ1v) is 10.8. The molecule has 5 heteroatoms. The lowest BCUT2D eigenvalue weighted by molar-refractivity contribution is 0.129. The number of aryl methyl sites for hydroxylation is 1. The number of hydrogen-bond donors (Lipinski definition) is 1. The third-order valence-electron chi connectivity index (χ3n) is 4.41. The van der Waals surface area contributed by atoms with Crippen molar-refractivity contribution in [1.29, 1.82) is 0 Å². The summed E-state index contributed by atoms with van der Waals surface area (Å²) >= 11 is 3.63. The molecule has 0 saturated heterocycles.